The van der Waals surface area contributed by atoms with E-state index in [-0.39, 0.29) is 23.9 Å². The summed E-state index contributed by atoms with van der Waals surface area (Å²) < 4.78 is 41.8. The summed E-state index contributed by atoms with van der Waals surface area (Å²) in [5.41, 5.74) is 5.38. The summed E-state index contributed by atoms with van der Waals surface area (Å²) >= 11 is 0. The minimum Gasteiger partial charge on any atom is -0.497 e. The number of carbonyl (C=O) groups excluding carboxylic acids is 2. The molecule has 10 heteroatoms. The molecule has 1 aromatic heterocycles. The molecule has 2 amide bonds. The molecule has 2 bridgehead atoms. The molecule has 2 aromatic carbocycles. The summed E-state index contributed by atoms with van der Waals surface area (Å²) in [7, 11) is -2.00. The number of carbonyl (C=O) groups is 2. The highest BCUT2D eigenvalue weighted by Gasteiger charge is 2.65. The van der Waals surface area contributed by atoms with Crippen LogP contribution in [0.3, 0.4) is 0 Å². The van der Waals surface area contributed by atoms with Crippen molar-refractivity contribution in [3.63, 3.8) is 0 Å². The van der Waals surface area contributed by atoms with E-state index in [0.29, 0.717) is 44.1 Å². The number of rotatable bonds is 6. The SMILES string of the molecule is COc1ccc2c(c1)C1CC1(C(=O)N1C3CCCC1COC3)Cn1c-2c(C2CCCCC2)c2ccc(C(=O)NS(=O)(=O)C3CC3)cc21. The first-order valence-electron chi connectivity index (χ1n) is 17.6. The third-order valence-electron chi connectivity index (χ3n) is 12.1. The average molecular weight is 658 g/mol. The van der Waals surface area contributed by atoms with Gasteiger partial charge >= 0.3 is 0 Å². The van der Waals surface area contributed by atoms with Crippen LogP contribution in [0.1, 0.15) is 104 Å². The monoisotopic (exact) mass is 657 g/mol. The van der Waals surface area contributed by atoms with Crippen LogP contribution < -0.4 is 9.46 Å². The predicted octanol–water partition coefficient (Wildman–Crippen LogP) is 5.85. The number of morpholine rings is 1. The summed E-state index contributed by atoms with van der Waals surface area (Å²) in [6.07, 6.45) is 10.8. The van der Waals surface area contributed by atoms with Crippen LogP contribution in [-0.2, 0) is 26.1 Å². The largest absolute Gasteiger partial charge is 0.497 e. The second-order valence-corrected chi connectivity index (χ2v) is 16.9. The Kier molecular flexibility index (Phi) is 6.85. The molecule has 4 unspecified atom stereocenters. The van der Waals surface area contributed by atoms with E-state index in [1.54, 1.807) is 13.2 Å². The van der Waals surface area contributed by atoms with Crippen molar-refractivity contribution in [2.45, 2.75) is 106 Å². The Hall–Kier alpha value is -3.37. The smallest absolute Gasteiger partial charge is 0.264 e. The molecule has 3 aromatic rings. The number of ether oxygens (including phenoxy) is 2. The number of sulfonamides is 1. The second kappa shape index (κ2) is 10.8. The normalized spacial score (nSPS) is 28.5. The molecule has 5 fully saturated rings. The molecule has 3 saturated carbocycles. The molecular weight excluding hydrogens is 614 g/mol. The van der Waals surface area contributed by atoms with E-state index in [9.17, 15) is 18.0 Å². The van der Waals surface area contributed by atoms with Gasteiger partial charge in [0.15, 0.2) is 0 Å². The Morgan fingerprint density at radius 3 is 2.43 bits per heavy atom. The van der Waals surface area contributed by atoms with Crippen molar-refractivity contribution < 1.29 is 27.5 Å². The van der Waals surface area contributed by atoms with E-state index in [1.807, 2.05) is 18.2 Å². The molecule has 1 N–H and O–H groups in total. The number of nitrogens with one attached hydrogen (secondary N) is 1. The number of methoxy groups -OCH3 is 1. The van der Waals surface area contributed by atoms with E-state index in [2.05, 4.69) is 26.3 Å². The topological polar surface area (TPSA) is 107 Å². The molecule has 6 aliphatic rings. The highest BCUT2D eigenvalue weighted by atomic mass is 32.2. The number of hydrogen-bond acceptors (Lipinski definition) is 6. The second-order valence-electron chi connectivity index (χ2n) is 14.9. The zero-order chi connectivity index (χ0) is 32.1. The molecule has 3 aliphatic carbocycles. The standard InChI is InChI=1S/C37H43N3O6S/c1-45-26-11-15-28-30(17-26)31-18-37(31,36(42)40-24-8-5-9-25(40)20-46-19-24)21-39-32-16-23(35(41)38-47(43,44)27-12-13-27)10-14-29(32)33(34(28)39)22-6-3-2-4-7-22/h10-11,14-17,22,24-25,27,31H,2-9,12-13,18-21H2,1H3,(H,38,41). The van der Waals surface area contributed by atoms with E-state index < -0.39 is 26.6 Å². The van der Waals surface area contributed by atoms with Crippen LogP contribution in [0.15, 0.2) is 36.4 Å². The fourth-order valence-electron chi connectivity index (χ4n) is 9.49. The molecular formula is C37H43N3O6S. The van der Waals surface area contributed by atoms with Gasteiger partial charge in [-0.05, 0) is 98.7 Å². The number of nitrogens with zero attached hydrogens (tertiary/aromatic N) is 2. The molecule has 0 spiro atoms. The van der Waals surface area contributed by atoms with Gasteiger partial charge in [0, 0.05) is 34.5 Å². The Morgan fingerprint density at radius 1 is 0.936 bits per heavy atom. The number of aromatic nitrogens is 1. The molecule has 47 heavy (non-hydrogen) atoms. The lowest BCUT2D eigenvalue weighted by atomic mass is 9.81. The number of fused-ring (bicyclic) bond motifs is 9. The molecule has 4 atom stereocenters. The first kappa shape index (κ1) is 29.7. The van der Waals surface area contributed by atoms with Gasteiger partial charge in [-0.3, -0.25) is 9.59 Å². The first-order valence-corrected chi connectivity index (χ1v) is 19.1. The molecule has 9 rings (SSSR count). The first-order chi connectivity index (χ1) is 22.8. The van der Waals surface area contributed by atoms with E-state index >= 15 is 0 Å². The third-order valence-corrected chi connectivity index (χ3v) is 13.9. The van der Waals surface area contributed by atoms with Crippen molar-refractivity contribution >= 4 is 32.7 Å². The summed E-state index contributed by atoms with van der Waals surface area (Å²) in [5, 5.41) is 0.615. The van der Waals surface area contributed by atoms with Crippen molar-refractivity contribution in [2.75, 3.05) is 20.3 Å². The molecule has 4 heterocycles. The Labute approximate surface area is 276 Å². The van der Waals surface area contributed by atoms with E-state index in [0.717, 1.165) is 66.4 Å². The Bertz CT molecular complexity index is 1890. The fraction of sp³-hybridized carbons (Fsp3) is 0.568. The molecule has 9 nitrogen and oxygen atoms in total. The van der Waals surface area contributed by atoms with Crippen molar-refractivity contribution in [3.8, 4) is 17.0 Å². The maximum atomic E-state index is 15.0. The maximum absolute atomic E-state index is 15.0. The average Bonchev–Trinajstić information content (AvgIpc) is 4.00. The number of piperidine rings is 1. The van der Waals surface area contributed by atoms with Crippen molar-refractivity contribution in [1.29, 1.82) is 0 Å². The summed E-state index contributed by atoms with van der Waals surface area (Å²) in [6.45, 7) is 1.71. The maximum Gasteiger partial charge on any atom is 0.264 e. The number of hydrogen-bond donors (Lipinski definition) is 1. The van der Waals surface area contributed by atoms with Crippen molar-refractivity contribution in [3.05, 3.63) is 53.1 Å². The minimum absolute atomic E-state index is 0.0630. The molecule has 248 valence electrons. The van der Waals surface area contributed by atoms with Gasteiger partial charge in [-0.1, -0.05) is 25.3 Å². The summed E-state index contributed by atoms with van der Waals surface area (Å²) in [4.78, 5) is 30.6. The Morgan fingerprint density at radius 2 is 1.70 bits per heavy atom. The van der Waals surface area contributed by atoms with Crippen LogP contribution in [0, 0.1) is 5.41 Å². The summed E-state index contributed by atoms with van der Waals surface area (Å²) in [6, 6.07) is 12.2. The van der Waals surface area contributed by atoms with Gasteiger partial charge in [0.05, 0.1) is 48.8 Å². The highest BCUT2D eigenvalue weighted by molar-refractivity contribution is 7.91. The van der Waals surface area contributed by atoms with Gasteiger partial charge in [0.1, 0.15) is 5.75 Å². The van der Waals surface area contributed by atoms with Crippen molar-refractivity contribution in [1.82, 2.24) is 14.2 Å². The van der Waals surface area contributed by atoms with Crippen LogP contribution in [0.25, 0.3) is 22.2 Å². The van der Waals surface area contributed by atoms with E-state index in [1.165, 1.54) is 30.4 Å². The summed E-state index contributed by atoms with van der Waals surface area (Å²) in [5.74, 6) is 0.857. The van der Waals surface area contributed by atoms with Gasteiger partial charge in [0.2, 0.25) is 15.9 Å². The number of amides is 2. The zero-order valence-electron chi connectivity index (χ0n) is 27.0. The van der Waals surface area contributed by atoms with Crippen molar-refractivity contribution in [2.24, 2.45) is 5.41 Å². The lowest BCUT2D eigenvalue weighted by Crippen LogP contribution is -2.59. The minimum atomic E-state index is -3.69. The highest BCUT2D eigenvalue weighted by Crippen LogP contribution is 2.66. The van der Waals surface area contributed by atoms with Gasteiger partial charge in [0.25, 0.3) is 5.91 Å². The number of benzene rings is 2. The lowest BCUT2D eigenvalue weighted by Gasteiger charge is -2.47. The van der Waals surface area contributed by atoms with Crippen LogP contribution in [0.5, 0.6) is 5.75 Å². The van der Waals surface area contributed by atoms with Gasteiger partial charge in [-0.15, -0.1) is 0 Å². The van der Waals surface area contributed by atoms with E-state index in [4.69, 9.17) is 9.47 Å². The van der Waals surface area contributed by atoms with Crippen LogP contribution in [0.4, 0.5) is 0 Å². The quantitative estimate of drug-likeness (QED) is 0.356. The van der Waals surface area contributed by atoms with Crippen LogP contribution in [0.2, 0.25) is 0 Å². The molecule has 0 radical (unpaired) electrons. The fourth-order valence-corrected chi connectivity index (χ4v) is 10.8. The van der Waals surface area contributed by atoms with Gasteiger partial charge in [-0.2, -0.15) is 0 Å². The predicted molar refractivity (Wildman–Crippen MR) is 178 cm³/mol. The Balaban J connectivity index is 1.23. The van der Waals surface area contributed by atoms with Crippen LogP contribution in [-0.4, -0.2) is 67.4 Å². The van der Waals surface area contributed by atoms with Gasteiger partial charge in [-0.25, -0.2) is 13.1 Å². The van der Waals surface area contributed by atoms with Crippen LogP contribution >= 0.6 is 0 Å². The molecule has 2 saturated heterocycles. The zero-order valence-corrected chi connectivity index (χ0v) is 27.8. The van der Waals surface area contributed by atoms with Gasteiger partial charge < -0.3 is 18.9 Å². The molecule has 3 aliphatic heterocycles. The lowest BCUT2D eigenvalue weighted by molar-refractivity contribution is -0.157. The third kappa shape index (κ3) is 4.68.